The molecule has 1 heterocycles. The van der Waals surface area contributed by atoms with E-state index >= 15 is 0 Å². The van der Waals surface area contributed by atoms with Crippen molar-refractivity contribution in [3.63, 3.8) is 0 Å². The van der Waals surface area contributed by atoms with Gasteiger partial charge in [-0.25, -0.2) is 4.79 Å². The number of rotatable bonds is 4. The highest BCUT2D eigenvalue weighted by molar-refractivity contribution is 5.83. The molecule has 3 rings (SSSR count). The van der Waals surface area contributed by atoms with Crippen LogP contribution in [-0.2, 0) is 4.79 Å². The van der Waals surface area contributed by atoms with Crippen LogP contribution in [0, 0.1) is 0 Å². The van der Waals surface area contributed by atoms with Gasteiger partial charge in [0.2, 0.25) is 0 Å². The van der Waals surface area contributed by atoms with Gasteiger partial charge in [0.1, 0.15) is 23.3 Å². The second kappa shape index (κ2) is 6.08. The molecule has 0 spiro atoms. The molecule has 0 saturated heterocycles. The van der Waals surface area contributed by atoms with Gasteiger partial charge < -0.3 is 19.4 Å². The van der Waals surface area contributed by atoms with Crippen molar-refractivity contribution >= 4 is 16.9 Å². The molecule has 24 heavy (non-hydrogen) atoms. The Kier molecular flexibility index (Phi) is 3.95. The molecule has 0 aliphatic heterocycles. The molecule has 1 atom stereocenters. The zero-order valence-electron chi connectivity index (χ0n) is 12.7. The summed E-state index contributed by atoms with van der Waals surface area (Å²) in [7, 11) is 0. The molecule has 0 aliphatic carbocycles. The van der Waals surface area contributed by atoms with E-state index in [9.17, 15) is 14.7 Å². The number of benzene rings is 2. The summed E-state index contributed by atoms with van der Waals surface area (Å²) in [5, 5.41) is 18.8. The molecule has 0 fully saturated rings. The molecular formula is C18H14O6. The van der Waals surface area contributed by atoms with Gasteiger partial charge in [-0.05, 0) is 36.8 Å². The number of phenols is 1. The SMILES string of the molecule is CC(Oc1ccc2c(=O)c(-c3cccc(O)c3)coc2c1)C(=O)O. The summed E-state index contributed by atoms with van der Waals surface area (Å²) in [6, 6.07) is 10.8. The molecule has 6 nitrogen and oxygen atoms in total. The summed E-state index contributed by atoms with van der Waals surface area (Å²) >= 11 is 0. The minimum atomic E-state index is -1.09. The van der Waals surface area contributed by atoms with E-state index in [2.05, 4.69) is 0 Å². The third-order valence-corrected chi connectivity index (χ3v) is 3.56. The van der Waals surface area contributed by atoms with E-state index in [4.69, 9.17) is 14.3 Å². The summed E-state index contributed by atoms with van der Waals surface area (Å²) in [5.41, 5.74) is 0.912. The van der Waals surface area contributed by atoms with Gasteiger partial charge in [0, 0.05) is 6.07 Å². The van der Waals surface area contributed by atoms with Crippen molar-refractivity contribution in [3.05, 3.63) is 59.0 Å². The quantitative estimate of drug-likeness (QED) is 0.765. The number of phenolic OH excluding ortho intramolecular Hbond substituents is 1. The average molecular weight is 326 g/mol. The smallest absolute Gasteiger partial charge is 0.344 e. The number of aromatic hydroxyl groups is 1. The zero-order valence-corrected chi connectivity index (χ0v) is 12.7. The minimum absolute atomic E-state index is 0.0541. The maximum Gasteiger partial charge on any atom is 0.344 e. The Morgan fingerprint density at radius 1 is 1.21 bits per heavy atom. The molecule has 0 bridgehead atoms. The average Bonchev–Trinajstić information content (AvgIpc) is 2.55. The molecule has 2 aromatic carbocycles. The summed E-state index contributed by atoms with van der Waals surface area (Å²) in [6.45, 7) is 1.41. The predicted molar refractivity (Wildman–Crippen MR) is 87.3 cm³/mol. The second-order valence-corrected chi connectivity index (χ2v) is 5.29. The normalized spacial score (nSPS) is 12.0. The maximum atomic E-state index is 12.6. The lowest BCUT2D eigenvalue weighted by molar-refractivity contribution is -0.144. The molecular weight excluding hydrogens is 312 g/mol. The summed E-state index contributed by atoms with van der Waals surface area (Å²) in [6.07, 6.45) is 0.296. The van der Waals surface area contributed by atoms with Crippen molar-refractivity contribution < 1.29 is 24.2 Å². The first-order chi connectivity index (χ1) is 11.5. The third kappa shape index (κ3) is 2.94. The molecule has 0 radical (unpaired) electrons. The molecule has 0 amide bonds. The number of fused-ring (bicyclic) bond motifs is 1. The number of ether oxygens (including phenoxy) is 1. The van der Waals surface area contributed by atoms with Crippen LogP contribution in [0.25, 0.3) is 22.1 Å². The standard InChI is InChI=1S/C18H14O6/c1-10(18(21)22)24-13-5-6-14-16(8-13)23-9-15(17(14)20)11-3-2-4-12(19)7-11/h2-10,19H,1H3,(H,21,22). The van der Waals surface area contributed by atoms with Gasteiger partial charge >= 0.3 is 5.97 Å². The minimum Gasteiger partial charge on any atom is -0.508 e. The van der Waals surface area contributed by atoms with E-state index in [0.717, 1.165) is 0 Å². The molecule has 122 valence electrons. The Labute approximate surface area is 136 Å². The van der Waals surface area contributed by atoms with Crippen molar-refractivity contribution in [3.8, 4) is 22.6 Å². The van der Waals surface area contributed by atoms with E-state index in [0.29, 0.717) is 27.8 Å². The molecule has 0 aliphatic rings. The summed E-state index contributed by atoms with van der Waals surface area (Å²) < 4.78 is 10.8. The van der Waals surface area contributed by atoms with Crippen LogP contribution in [-0.4, -0.2) is 22.3 Å². The fourth-order valence-corrected chi connectivity index (χ4v) is 2.31. The molecule has 3 aromatic rings. The number of aliphatic carboxylic acids is 1. The highest BCUT2D eigenvalue weighted by Gasteiger charge is 2.14. The first kappa shape index (κ1) is 15.6. The number of hydrogen-bond donors (Lipinski definition) is 2. The van der Waals surface area contributed by atoms with Crippen LogP contribution >= 0.6 is 0 Å². The van der Waals surface area contributed by atoms with Crippen LogP contribution in [0.15, 0.2) is 57.9 Å². The van der Waals surface area contributed by atoms with E-state index in [-0.39, 0.29) is 11.2 Å². The highest BCUT2D eigenvalue weighted by atomic mass is 16.5. The lowest BCUT2D eigenvalue weighted by Gasteiger charge is -2.10. The van der Waals surface area contributed by atoms with Crippen molar-refractivity contribution in [2.75, 3.05) is 0 Å². The van der Waals surface area contributed by atoms with Gasteiger partial charge in [-0.1, -0.05) is 12.1 Å². The number of carboxylic acid groups (broad SMARTS) is 1. The summed E-state index contributed by atoms with van der Waals surface area (Å²) in [5.74, 6) is -0.736. The van der Waals surface area contributed by atoms with Gasteiger partial charge in [0.25, 0.3) is 0 Å². The topological polar surface area (TPSA) is 97.0 Å². The van der Waals surface area contributed by atoms with Gasteiger partial charge in [-0.3, -0.25) is 4.79 Å². The van der Waals surface area contributed by atoms with Crippen molar-refractivity contribution in [1.29, 1.82) is 0 Å². The van der Waals surface area contributed by atoms with Crippen LogP contribution in [0.4, 0.5) is 0 Å². The first-order valence-corrected chi connectivity index (χ1v) is 7.20. The molecule has 0 saturated carbocycles. The monoisotopic (exact) mass is 326 g/mol. The maximum absolute atomic E-state index is 12.6. The molecule has 6 heteroatoms. The van der Waals surface area contributed by atoms with Crippen molar-refractivity contribution in [1.82, 2.24) is 0 Å². The van der Waals surface area contributed by atoms with Gasteiger partial charge in [-0.2, -0.15) is 0 Å². The molecule has 2 N–H and O–H groups in total. The largest absolute Gasteiger partial charge is 0.508 e. The van der Waals surface area contributed by atoms with Crippen LogP contribution in [0.2, 0.25) is 0 Å². The second-order valence-electron chi connectivity index (χ2n) is 5.29. The van der Waals surface area contributed by atoms with E-state index in [1.807, 2.05) is 0 Å². The summed E-state index contributed by atoms with van der Waals surface area (Å²) in [4.78, 5) is 23.4. The van der Waals surface area contributed by atoms with Crippen molar-refractivity contribution in [2.45, 2.75) is 13.0 Å². The predicted octanol–water partition coefficient (Wildman–Crippen LogP) is 3.02. The Hall–Kier alpha value is -3.28. The van der Waals surface area contributed by atoms with E-state index < -0.39 is 12.1 Å². The van der Waals surface area contributed by atoms with Crippen LogP contribution in [0.1, 0.15) is 6.92 Å². The van der Waals surface area contributed by atoms with Crippen LogP contribution in [0.3, 0.4) is 0 Å². The number of hydrogen-bond acceptors (Lipinski definition) is 5. The third-order valence-electron chi connectivity index (χ3n) is 3.56. The van der Waals surface area contributed by atoms with E-state index in [1.165, 1.54) is 43.5 Å². The molecule has 1 unspecified atom stereocenters. The van der Waals surface area contributed by atoms with Gasteiger partial charge in [0.15, 0.2) is 11.5 Å². The van der Waals surface area contributed by atoms with E-state index in [1.54, 1.807) is 12.1 Å². The zero-order chi connectivity index (χ0) is 17.3. The fourth-order valence-electron chi connectivity index (χ4n) is 2.31. The van der Waals surface area contributed by atoms with Crippen LogP contribution in [0.5, 0.6) is 11.5 Å². The highest BCUT2D eigenvalue weighted by Crippen LogP contribution is 2.25. The first-order valence-electron chi connectivity index (χ1n) is 7.20. The Morgan fingerprint density at radius 2 is 2.00 bits per heavy atom. The van der Waals surface area contributed by atoms with Gasteiger partial charge in [0.05, 0.1) is 10.9 Å². The lowest BCUT2D eigenvalue weighted by Crippen LogP contribution is -2.22. The Balaban J connectivity index is 2.04. The molecule has 1 aromatic heterocycles. The van der Waals surface area contributed by atoms with Crippen molar-refractivity contribution in [2.24, 2.45) is 0 Å². The number of carbonyl (C=O) groups is 1. The van der Waals surface area contributed by atoms with Gasteiger partial charge in [-0.15, -0.1) is 0 Å². The van der Waals surface area contributed by atoms with Crippen LogP contribution < -0.4 is 10.2 Å². The Bertz CT molecular complexity index is 973. The fraction of sp³-hybridized carbons (Fsp3) is 0.111. The lowest BCUT2D eigenvalue weighted by atomic mass is 10.1. The number of carboxylic acids is 1. The Morgan fingerprint density at radius 3 is 2.71 bits per heavy atom.